The Morgan fingerprint density at radius 1 is 1.00 bits per heavy atom. The minimum absolute atomic E-state index is 0.143. The number of benzene rings is 2. The van der Waals surface area contributed by atoms with Gasteiger partial charge in [-0.05, 0) is 31.2 Å². The molecule has 0 saturated heterocycles. The molecule has 0 saturated carbocycles. The SMILES string of the molecule is CCOCCOc1cccc(NCC(=O)Nc2cccc(OC)c2)c1. The van der Waals surface area contributed by atoms with Crippen molar-refractivity contribution in [2.24, 2.45) is 0 Å². The van der Waals surface area contributed by atoms with Crippen LogP contribution in [0.25, 0.3) is 0 Å². The lowest BCUT2D eigenvalue weighted by molar-refractivity contribution is -0.114. The van der Waals surface area contributed by atoms with Gasteiger partial charge in [-0.1, -0.05) is 12.1 Å². The second kappa shape index (κ2) is 10.2. The van der Waals surface area contributed by atoms with Crippen LogP contribution in [0.2, 0.25) is 0 Å². The lowest BCUT2D eigenvalue weighted by Crippen LogP contribution is -2.21. The van der Waals surface area contributed by atoms with Crippen molar-refractivity contribution in [1.29, 1.82) is 0 Å². The molecule has 0 aliphatic carbocycles. The van der Waals surface area contributed by atoms with E-state index in [0.717, 1.165) is 11.4 Å². The molecule has 0 spiro atoms. The molecule has 0 aliphatic rings. The average Bonchev–Trinajstić information content (AvgIpc) is 2.64. The van der Waals surface area contributed by atoms with Gasteiger partial charge in [-0.3, -0.25) is 4.79 Å². The van der Waals surface area contributed by atoms with Crippen LogP contribution in [0.4, 0.5) is 11.4 Å². The van der Waals surface area contributed by atoms with Crippen LogP contribution in [0, 0.1) is 0 Å². The third kappa shape index (κ3) is 6.73. The number of hydrogen-bond donors (Lipinski definition) is 2. The first-order valence-corrected chi connectivity index (χ1v) is 8.19. The van der Waals surface area contributed by atoms with Crippen LogP contribution in [-0.2, 0) is 9.53 Å². The third-order valence-corrected chi connectivity index (χ3v) is 3.34. The Hall–Kier alpha value is -2.73. The van der Waals surface area contributed by atoms with Crippen LogP contribution in [-0.4, -0.2) is 39.4 Å². The molecule has 134 valence electrons. The van der Waals surface area contributed by atoms with E-state index in [4.69, 9.17) is 14.2 Å². The first-order valence-electron chi connectivity index (χ1n) is 8.19. The van der Waals surface area contributed by atoms with E-state index < -0.39 is 0 Å². The van der Waals surface area contributed by atoms with Crippen LogP contribution >= 0.6 is 0 Å². The number of carbonyl (C=O) groups is 1. The van der Waals surface area contributed by atoms with Gasteiger partial charge in [0.25, 0.3) is 0 Å². The van der Waals surface area contributed by atoms with Gasteiger partial charge in [0.1, 0.15) is 18.1 Å². The lowest BCUT2D eigenvalue weighted by Gasteiger charge is -2.11. The summed E-state index contributed by atoms with van der Waals surface area (Å²) in [4.78, 5) is 12.1. The fourth-order valence-electron chi connectivity index (χ4n) is 2.15. The summed E-state index contributed by atoms with van der Waals surface area (Å²) in [6, 6.07) is 14.7. The van der Waals surface area contributed by atoms with E-state index in [1.165, 1.54) is 0 Å². The third-order valence-electron chi connectivity index (χ3n) is 3.34. The number of anilines is 2. The Kier molecular flexibility index (Phi) is 7.59. The Labute approximate surface area is 148 Å². The Morgan fingerprint density at radius 2 is 1.72 bits per heavy atom. The predicted octanol–water partition coefficient (Wildman–Crippen LogP) is 3.16. The van der Waals surface area contributed by atoms with Gasteiger partial charge in [0, 0.05) is 30.1 Å². The zero-order valence-corrected chi connectivity index (χ0v) is 14.6. The normalized spacial score (nSPS) is 10.2. The van der Waals surface area contributed by atoms with Crippen LogP contribution in [0.3, 0.4) is 0 Å². The molecule has 6 nitrogen and oxygen atoms in total. The van der Waals surface area contributed by atoms with Gasteiger partial charge >= 0.3 is 0 Å². The molecule has 0 atom stereocenters. The summed E-state index contributed by atoms with van der Waals surface area (Å²) >= 11 is 0. The van der Waals surface area contributed by atoms with Gasteiger partial charge in [0.05, 0.1) is 20.3 Å². The van der Waals surface area contributed by atoms with Crippen molar-refractivity contribution in [2.45, 2.75) is 6.92 Å². The highest BCUT2D eigenvalue weighted by atomic mass is 16.5. The van der Waals surface area contributed by atoms with Crippen molar-refractivity contribution in [3.05, 3.63) is 48.5 Å². The zero-order valence-electron chi connectivity index (χ0n) is 14.6. The number of ether oxygens (including phenoxy) is 3. The highest BCUT2D eigenvalue weighted by Gasteiger charge is 2.04. The molecular formula is C19H24N2O4. The van der Waals surface area contributed by atoms with Gasteiger partial charge in [0.2, 0.25) is 5.91 Å². The summed E-state index contributed by atoms with van der Waals surface area (Å²) < 4.78 is 16.0. The molecule has 0 aromatic heterocycles. The molecule has 2 aromatic carbocycles. The number of amides is 1. The van der Waals surface area contributed by atoms with Gasteiger partial charge in [-0.25, -0.2) is 0 Å². The largest absolute Gasteiger partial charge is 0.497 e. The molecule has 0 radical (unpaired) electrons. The molecule has 1 amide bonds. The maximum absolute atomic E-state index is 12.1. The van der Waals surface area contributed by atoms with Gasteiger partial charge in [-0.15, -0.1) is 0 Å². The van der Waals surface area contributed by atoms with Crippen molar-refractivity contribution in [2.75, 3.05) is 44.1 Å². The number of rotatable bonds is 10. The van der Waals surface area contributed by atoms with Crippen LogP contribution < -0.4 is 20.1 Å². The smallest absolute Gasteiger partial charge is 0.243 e. The maximum atomic E-state index is 12.1. The van der Waals surface area contributed by atoms with Crippen molar-refractivity contribution in [3.8, 4) is 11.5 Å². The topological polar surface area (TPSA) is 68.8 Å². The van der Waals surface area contributed by atoms with E-state index in [1.807, 2.05) is 49.4 Å². The summed E-state index contributed by atoms with van der Waals surface area (Å²) in [7, 11) is 1.59. The second-order valence-electron chi connectivity index (χ2n) is 5.21. The lowest BCUT2D eigenvalue weighted by atomic mass is 10.3. The molecule has 0 aliphatic heterocycles. The zero-order chi connectivity index (χ0) is 17.9. The van der Waals surface area contributed by atoms with Crippen molar-refractivity contribution in [3.63, 3.8) is 0 Å². The van der Waals surface area contributed by atoms with E-state index in [0.29, 0.717) is 31.3 Å². The molecule has 0 heterocycles. The number of hydrogen-bond acceptors (Lipinski definition) is 5. The number of nitrogens with one attached hydrogen (secondary N) is 2. The van der Waals surface area contributed by atoms with Crippen LogP contribution in [0.5, 0.6) is 11.5 Å². The molecule has 0 bridgehead atoms. The van der Waals surface area contributed by atoms with E-state index >= 15 is 0 Å². The molecule has 2 N–H and O–H groups in total. The highest BCUT2D eigenvalue weighted by Crippen LogP contribution is 2.18. The molecule has 2 aromatic rings. The first kappa shape index (κ1) is 18.6. The summed E-state index contributed by atoms with van der Waals surface area (Å²) in [5, 5.41) is 5.90. The predicted molar refractivity (Wildman–Crippen MR) is 98.5 cm³/mol. The fourth-order valence-corrected chi connectivity index (χ4v) is 2.15. The van der Waals surface area contributed by atoms with Crippen molar-refractivity contribution < 1.29 is 19.0 Å². The number of carbonyl (C=O) groups excluding carboxylic acids is 1. The van der Waals surface area contributed by atoms with Crippen molar-refractivity contribution in [1.82, 2.24) is 0 Å². The first-order chi connectivity index (χ1) is 12.2. The molecule has 25 heavy (non-hydrogen) atoms. The highest BCUT2D eigenvalue weighted by molar-refractivity contribution is 5.93. The molecule has 2 rings (SSSR count). The van der Waals surface area contributed by atoms with Gasteiger partial charge < -0.3 is 24.8 Å². The monoisotopic (exact) mass is 344 g/mol. The standard InChI is InChI=1S/C19H24N2O4/c1-3-24-10-11-25-18-9-4-6-15(12-18)20-14-19(22)21-16-7-5-8-17(13-16)23-2/h4-9,12-13,20H,3,10-11,14H2,1-2H3,(H,21,22). The van der Waals surface area contributed by atoms with Crippen LogP contribution in [0.1, 0.15) is 6.92 Å². The fraction of sp³-hybridized carbons (Fsp3) is 0.316. The van der Waals surface area contributed by atoms with E-state index in [9.17, 15) is 4.79 Å². The molecular weight excluding hydrogens is 320 g/mol. The molecule has 6 heteroatoms. The molecule has 0 fully saturated rings. The second-order valence-corrected chi connectivity index (χ2v) is 5.21. The molecule has 0 unspecified atom stereocenters. The van der Waals surface area contributed by atoms with E-state index in [1.54, 1.807) is 13.2 Å². The summed E-state index contributed by atoms with van der Waals surface area (Å²) in [6.45, 7) is 3.82. The Morgan fingerprint density at radius 3 is 2.48 bits per heavy atom. The number of methoxy groups -OCH3 is 1. The average molecular weight is 344 g/mol. The minimum atomic E-state index is -0.143. The summed E-state index contributed by atoms with van der Waals surface area (Å²) in [5.41, 5.74) is 1.51. The van der Waals surface area contributed by atoms with E-state index in [2.05, 4.69) is 10.6 Å². The quantitative estimate of drug-likeness (QED) is 0.648. The Balaban J connectivity index is 1.80. The Bertz CT molecular complexity index is 676. The van der Waals surface area contributed by atoms with E-state index in [-0.39, 0.29) is 12.5 Å². The van der Waals surface area contributed by atoms with Crippen molar-refractivity contribution >= 4 is 17.3 Å². The van der Waals surface area contributed by atoms with Gasteiger partial charge in [-0.2, -0.15) is 0 Å². The van der Waals surface area contributed by atoms with Crippen LogP contribution in [0.15, 0.2) is 48.5 Å². The summed E-state index contributed by atoms with van der Waals surface area (Å²) in [6.07, 6.45) is 0. The van der Waals surface area contributed by atoms with Gasteiger partial charge in [0.15, 0.2) is 0 Å². The summed E-state index contributed by atoms with van der Waals surface area (Å²) in [5.74, 6) is 1.29. The minimum Gasteiger partial charge on any atom is -0.497 e. The maximum Gasteiger partial charge on any atom is 0.243 e.